The predicted molar refractivity (Wildman–Crippen MR) is 158 cm³/mol. The second kappa shape index (κ2) is 16.9. The lowest BCUT2D eigenvalue weighted by molar-refractivity contribution is 0.366. The molecular weight excluding hydrogens is 560 g/mol. The summed E-state index contributed by atoms with van der Waals surface area (Å²) in [4.78, 5) is 0.693. The fraction of sp³-hybridized carbons (Fsp3) is 1.00. The van der Waals surface area contributed by atoms with Gasteiger partial charge in [0.2, 0.25) is 0 Å². The molecule has 4 saturated carbocycles. The summed E-state index contributed by atoms with van der Waals surface area (Å²) in [5.41, 5.74) is 4.53. The molecule has 0 N–H and O–H groups in total. The smallest absolute Gasteiger partial charge is 0.418 e. The van der Waals surface area contributed by atoms with Crippen LogP contribution in [0.2, 0.25) is 0 Å². The van der Waals surface area contributed by atoms with Crippen LogP contribution in [-0.2, 0) is 0 Å². The van der Waals surface area contributed by atoms with Crippen molar-refractivity contribution in [2.45, 2.75) is 170 Å². The minimum absolute atomic E-state index is 0. The molecule has 0 unspecified atom stereocenters. The standard InChI is InChI=1S/C27H50P2.2BF4/c1-27(2,28(23-15-7-3-8-16-23)24-17-9-4-10-18-24)29(25-19-11-5-12-20-25)26-21-13-6-14-22-26;2*2-1(3,4)5/h23-26H,3-22H2,1-2H3;;/q;2*-1/p+2. The van der Waals surface area contributed by atoms with Crippen LogP contribution in [0.1, 0.15) is 145 Å². The molecule has 232 valence electrons. The average molecular weight is 612 g/mol. The van der Waals surface area contributed by atoms with Crippen molar-refractivity contribution in [1.82, 2.24) is 0 Å². The Hall–Kier alpha value is 0.430. The van der Waals surface area contributed by atoms with Crippen molar-refractivity contribution in [3.63, 3.8) is 0 Å². The first-order chi connectivity index (χ1) is 18.2. The Morgan fingerprint density at radius 3 is 0.718 bits per heavy atom. The van der Waals surface area contributed by atoms with E-state index >= 15 is 0 Å². The van der Waals surface area contributed by atoms with Gasteiger partial charge in [0, 0.05) is 4.90 Å². The van der Waals surface area contributed by atoms with Crippen molar-refractivity contribution in [2.24, 2.45) is 0 Å². The van der Waals surface area contributed by atoms with Crippen LogP contribution in [0.5, 0.6) is 0 Å². The molecule has 0 bridgehead atoms. The molecule has 0 aliphatic heterocycles. The highest BCUT2D eigenvalue weighted by Crippen LogP contribution is 2.78. The fourth-order valence-electron chi connectivity index (χ4n) is 7.95. The lowest BCUT2D eigenvalue weighted by atomic mass is 9.99. The van der Waals surface area contributed by atoms with Crippen LogP contribution in [0, 0.1) is 0 Å². The van der Waals surface area contributed by atoms with Gasteiger partial charge in [0.25, 0.3) is 0 Å². The zero-order valence-electron chi connectivity index (χ0n) is 26.0. The molecule has 4 aliphatic carbocycles. The lowest BCUT2D eigenvalue weighted by Gasteiger charge is -2.56. The van der Waals surface area contributed by atoms with E-state index in [1.807, 2.05) is 0 Å². The van der Waals surface area contributed by atoms with Gasteiger partial charge in [-0.2, -0.15) is 0 Å². The highest BCUT2D eigenvalue weighted by Gasteiger charge is 2.49. The lowest BCUT2D eigenvalue weighted by Crippen LogP contribution is -2.37. The summed E-state index contributed by atoms with van der Waals surface area (Å²) in [5, 5.41) is 0. The van der Waals surface area contributed by atoms with E-state index in [2.05, 4.69) is 13.8 Å². The molecule has 0 aromatic rings. The molecule has 0 aromatic heterocycles. The quantitative estimate of drug-likeness (QED) is 0.159. The van der Waals surface area contributed by atoms with Gasteiger partial charge >= 0.3 is 17.4 Å². The molecule has 0 spiro atoms. The Morgan fingerprint density at radius 2 is 0.564 bits per heavy atom. The Labute approximate surface area is 237 Å². The van der Waals surface area contributed by atoms with Crippen LogP contribution in [0.3, 0.4) is 0 Å². The average Bonchev–Trinajstić information content (AvgIpc) is 2.85. The SMILES string of the molecule is CC(C)(P(C1CCCCC1)C1CCCCC1)P(C1CCCCC1)C1CCCCC1.F[B-](F)(F)F.F[B-](F)(F)F.[H+].[H+]. The molecule has 4 fully saturated rings. The van der Waals surface area contributed by atoms with Crippen LogP contribution in [0.4, 0.5) is 34.5 Å². The van der Waals surface area contributed by atoms with Crippen molar-refractivity contribution in [1.29, 1.82) is 0 Å². The summed E-state index contributed by atoms with van der Waals surface area (Å²) < 4.78 is 78.0. The van der Waals surface area contributed by atoms with Gasteiger partial charge in [-0.3, -0.25) is 0 Å². The zero-order valence-corrected chi connectivity index (χ0v) is 25.8. The Kier molecular flexibility index (Phi) is 15.4. The maximum atomic E-state index is 9.75. The predicted octanol–water partition coefficient (Wildman–Crippen LogP) is 12.8. The highest BCUT2D eigenvalue weighted by molar-refractivity contribution is 7.78. The Balaban J connectivity index is 0.00000116. The van der Waals surface area contributed by atoms with Crippen LogP contribution >= 0.6 is 15.8 Å². The molecule has 0 saturated heterocycles. The van der Waals surface area contributed by atoms with E-state index in [4.69, 9.17) is 0 Å². The van der Waals surface area contributed by atoms with Gasteiger partial charge in [-0.05, 0) is 74.0 Å². The van der Waals surface area contributed by atoms with Crippen LogP contribution in [-0.4, -0.2) is 42.0 Å². The molecule has 39 heavy (non-hydrogen) atoms. The van der Waals surface area contributed by atoms with Gasteiger partial charge < -0.3 is 34.5 Å². The normalized spacial score (nSPS) is 23.7. The third kappa shape index (κ3) is 14.0. The minimum Gasteiger partial charge on any atom is -0.418 e. The molecule has 0 nitrogen and oxygen atoms in total. The maximum Gasteiger partial charge on any atom is 1.00 e. The number of hydrogen-bond donors (Lipinski definition) is 0. The van der Waals surface area contributed by atoms with Gasteiger partial charge in [0.15, 0.2) is 0 Å². The summed E-state index contributed by atoms with van der Waals surface area (Å²) in [6.45, 7) is 5.74. The second-order valence-electron chi connectivity index (χ2n) is 12.5. The molecule has 0 aromatic carbocycles. The van der Waals surface area contributed by atoms with Crippen LogP contribution in [0.25, 0.3) is 0 Å². The van der Waals surface area contributed by atoms with E-state index in [-0.39, 0.29) is 18.7 Å². The third-order valence-corrected chi connectivity index (χ3v) is 18.3. The van der Waals surface area contributed by atoms with E-state index < -0.39 is 14.5 Å². The first-order valence-electron chi connectivity index (χ1n) is 15.5. The number of hydrogen-bond acceptors (Lipinski definition) is 0. The Bertz CT molecular complexity index is 563. The summed E-state index contributed by atoms with van der Waals surface area (Å²) in [7, 11) is -11.6. The summed E-state index contributed by atoms with van der Waals surface area (Å²) in [6.07, 6.45) is 31.4. The molecule has 0 heterocycles. The molecule has 0 radical (unpaired) electrons. The second-order valence-corrected chi connectivity index (χ2v) is 19.6. The number of rotatable bonds is 6. The van der Waals surface area contributed by atoms with Crippen LogP contribution in [0.15, 0.2) is 0 Å². The van der Waals surface area contributed by atoms with Gasteiger partial charge in [0.1, 0.15) is 0 Å². The minimum atomic E-state index is -6.00. The Morgan fingerprint density at radius 1 is 0.410 bits per heavy atom. The van der Waals surface area contributed by atoms with Crippen molar-refractivity contribution in [3.05, 3.63) is 0 Å². The maximum absolute atomic E-state index is 9.75. The van der Waals surface area contributed by atoms with Crippen molar-refractivity contribution < 1.29 is 37.4 Å². The van der Waals surface area contributed by atoms with E-state index in [0.29, 0.717) is 4.90 Å². The highest BCUT2D eigenvalue weighted by atomic mass is 31.2. The number of halogens is 8. The summed E-state index contributed by atoms with van der Waals surface area (Å²) in [6, 6.07) is 0. The topological polar surface area (TPSA) is 0 Å². The van der Waals surface area contributed by atoms with Gasteiger partial charge in [-0.15, -0.1) is 0 Å². The van der Waals surface area contributed by atoms with Gasteiger partial charge in [-0.25, -0.2) is 0 Å². The van der Waals surface area contributed by atoms with E-state index in [1.54, 1.807) is 103 Å². The summed E-state index contributed by atoms with van der Waals surface area (Å²) >= 11 is 0. The molecule has 0 atom stereocenters. The summed E-state index contributed by atoms with van der Waals surface area (Å²) in [5.74, 6) is 0. The first-order valence-corrected chi connectivity index (χ1v) is 18.5. The van der Waals surface area contributed by atoms with E-state index in [9.17, 15) is 34.5 Å². The monoisotopic (exact) mass is 612 g/mol. The fourth-order valence-corrected chi connectivity index (χ4v) is 19.4. The van der Waals surface area contributed by atoms with Crippen LogP contribution < -0.4 is 0 Å². The van der Waals surface area contributed by atoms with E-state index in [1.165, 1.54) is 25.7 Å². The zero-order chi connectivity index (χ0) is 29.1. The van der Waals surface area contributed by atoms with Gasteiger partial charge in [0.05, 0.1) is 0 Å². The van der Waals surface area contributed by atoms with Crippen molar-refractivity contribution >= 4 is 30.4 Å². The molecule has 4 rings (SSSR count). The van der Waals surface area contributed by atoms with Gasteiger partial charge in [-0.1, -0.05) is 107 Å². The molecule has 12 heteroatoms. The largest absolute Gasteiger partial charge is 1.00 e. The first kappa shape index (κ1) is 35.6. The van der Waals surface area contributed by atoms with Crippen molar-refractivity contribution in [3.8, 4) is 0 Å². The van der Waals surface area contributed by atoms with Crippen molar-refractivity contribution in [2.75, 3.05) is 0 Å². The third-order valence-electron chi connectivity index (χ3n) is 9.14. The van der Waals surface area contributed by atoms with E-state index in [0.717, 1.165) is 22.6 Å². The molecule has 4 aliphatic rings. The molecular formula is C27H52B2F8P2. The molecule has 0 amide bonds.